The van der Waals surface area contributed by atoms with Gasteiger partial charge in [0.25, 0.3) is 0 Å². The molecule has 530 valence electrons. The number of ether oxygens (including phenoxy) is 4. The van der Waals surface area contributed by atoms with E-state index in [-0.39, 0.29) is 18.9 Å². The first kappa shape index (κ1) is 84.7. The van der Waals surface area contributed by atoms with E-state index < -0.39 is 86.8 Å². The van der Waals surface area contributed by atoms with Gasteiger partial charge in [0.1, 0.15) is 48.8 Å². The molecule has 0 spiro atoms. The normalized spacial score (nSPS) is 23.3. The zero-order valence-corrected chi connectivity index (χ0v) is 57.8. The Morgan fingerprint density at radius 2 is 0.761 bits per heavy atom. The fraction of sp³-hybridized carbons (Fsp3) is 0.756. The predicted octanol–water partition coefficient (Wildman–Crippen LogP) is 15.9. The summed E-state index contributed by atoms with van der Waals surface area (Å²) < 4.78 is 22.9. The second kappa shape index (κ2) is 61.3. The first-order valence-electron chi connectivity index (χ1n) is 37.1. The Hall–Kier alpha value is -3.35. The number of rotatable bonds is 60. The monoisotopic (exact) mass is 1290 g/mol. The number of hydrogen-bond acceptors (Lipinski definition) is 13. The molecule has 0 radical (unpaired) electrons. The minimum Gasteiger partial charge on any atom is -0.394 e. The highest BCUT2D eigenvalue weighted by atomic mass is 16.7. The maximum atomic E-state index is 13.4. The number of amides is 1. The van der Waals surface area contributed by atoms with Crippen LogP contribution in [0.2, 0.25) is 0 Å². The van der Waals surface area contributed by atoms with Crippen LogP contribution in [-0.4, -0.2) is 140 Å². The van der Waals surface area contributed by atoms with Crippen molar-refractivity contribution in [1.82, 2.24) is 5.32 Å². The van der Waals surface area contributed by atoms with Gasteiger partial charge in [0.15, 0.2) is 12.6 Å². The van der Waals surface area contributed by atoms with Crippen LogP contribution in [0.15, 0.2) is 109 Å². The minimum atomic E-state index is -1.80. The van der Waals surface area contributed by atoms with E-state index in [0.29, 0.717) is 12.8 Å². The van der Waals surface area contributed by atoms with Crippen molar-refractivity contribution in [3.8, 4) is 0 Å². The Morgan fingerprint density at radius 1 is 0.402 bits per heavy atom. The van der Waals surface area contributed by atoms with Gasteiger partial charge in [0.2, 0.25) is 5.91 Å². The topological polar surface area (TPSA) is 228 Å². The molecule has 14 heteroatoms. The fourth-order valence-corrected chi connectivity index (χ4v) is 11.6. The van der Waals surface area contributed by atoms with E-state index >= 15 is 0 Å². The van der Waals surface area contributed by atoms with Crippen LogP contribution in [0, 0.1) is 0 Å². The van der Waals surface area contributed by atoms with E-state index in [1.165, 1.54) is 161 Å². The molecule has 92 heavy (non-hydrogen) atoms. The second-order valence-electron chi connectivity index (χ2n) is 25.7. The summed E-state index contributed by atoms with van der Waals surface area (Å²) in [6.07, 6.45) is 71.5. The maximum absolute atomic E-state index is 13.4. The van der Waals surface area contributed by atoms with Crippen molar-refractivity contribution in [2.24, 2.45) is 0 Å². The van der Waals surface area contributed by atoms with Gasteiger partial charge in [0.05, 0.1) is 32.0 Å². The molecule has 2 heterocycles. The summed E-state index contributed by atoms with van der Waals surface area (Å²) in [5.74, 6) is -0.257. The molecule has 0 aromatic rings. The first-order chi connectivity index (χ1) is 45.1. The third kappa shape index (κ3) is 44.4. The zero-order chi connectivity index (χ0) is 66.6. The molecule has 2 fully saturated rings. The molecule has 2 saturated heterocycles. The van der Waals surface area contributed by atoms with Gasteiger partial charge in [0, 0.05) is 6.42 Å². The summed E-state index contributed by atoms with van der Waals surface area (Å²) in [4.78, 5) is 13.4. The summed E-state index contributed by atoms with van der Waals surface area (Å²) in [5.41, 5.74) is 0. The molecule has 14 nitrogen and oxygen atoms in total. The van der Waals surface area contributed by atoms with Gasteiger partial charge < -0.3 is 65.1 Å². The summed E-state index contributed by atoms with van der Waals surface area (Å²) >= 11 is 0. The number of aliphatic hydroxyl groups is 8. The predicted molar refractivity (Wildman–Crippen MR) is 378 cm³/mol. The van der Waals surface area contributed by atoms with E-state index in [9.17, 15) is 45.6 Å². The van der Waals surface area contributed by atoms with Crippen molar-refractivity contribution in [3.05, 3.63) is 109 Å². The molecule has 12 atom stereocenters. The molecule has 0 aliphatic carbocycles. The van der Waals surface area contributed by atoms with Crippen molar-refractivity contribution < 1.29 is 64.6 Å². The Balaban J connectivity index is 1.69. The van der Waals surface area contributed by atoms with Crippen LogP contribution in [0.5, 0.6) is 0 Å². The van der Waals surface area contributed by atoms with Crippen molar-refractivity contribution >= 4 is 5.91 Å². The SMILES string of the molecule is CC/C=C\C/C=C\C/C=C\C/C=C\C/C=C\C/C=C\CCCCCCCCCCCCCCC(=O)NC(COC1OC(CO)C(OC2OC(CO)C(O)C(O)C2O)C(O)C1O)C(O)/C=C/CC/C=C/CC/C=C/CCCCCCCCCCCCCCCCCCC. The molecule has 2 rings (SSSR count). The van der Waals surface area contributed by atoms with Crippen molar-refractivity contribution in [2.45, 2.75) is 357 Å². The molecule has 1 amide bonds. The van der Waals surface area contributed by atoms with Gasteiger partial charge >= 0.3 is 0 Å². The lowest BCUT2D eigenvalue weighted by molar-refractivity contribution is -0.359. The number of aliphatic hydroxyl groups excluding tert-OH is 8. The molecule has 0 aromatic carbocycles. The summed E-state index contributed by atoms with van der Waals surface area (Å²) in [6, 6.07) is -0.948. The molecular weight excluding hydrogens is 1160 g/mol. The lowest BCUT2D eigenvalue weighted by Gasteiger charge is -2.46. The third-order valence-electron chi connectivity index (χ3n) is 17.4. The third-order valence-corrected chi connectivity index (χ3v) is 17.4. The summed E-state index contributed by atoms with van der Waals surface area (Å²) in [5, 5.41) is 87.5. The van der Waals surface area contributed by atoms with E-state index in [4.69, 9.17) is 18.9 Å². The summed E-state index contributed by atoms with van der Waals surface area (Å²) in [7, 11) is 0. The van der Waals surface area contributed by atoms with Crippen LogP contribution >= 0.6 is 0 Å². The Morgan fingerprint density at radius 3 is 1.20 bits per heavy atom. The van der Waals surface area contributed by atoms with Gasteiger partial charge in [-0.25, -0.2) is 0 Å². The lowest BCUT2D eigenvalue weighted by Crippen LogP contribution is -2.65. The molecule has 9 N–H and O–H groups in total. The van der Waals surface area contributed by atoms with E-state index in [1.54, 1.807) is 6.08 Å². The number of nitrogens with one attached hydrogen (secondary N) is 1. The number of allylic oxidation sites excluding steroid dienone is 17. The van der Waals surface area contributed by atoms with E-state index in [0.717, 1.165) is 89.9 Å². The lowest BCUT2D eigenvalue weighted by atomic mass is 9.97. The van der Waals surface area contributed by atoms with Crippen molar-refractivity contribution in [2.75, 3.05) is 19.8 Å². The van der Waals surface area contributed by atoms with Gasteiger partial charge in [-0.2, -0.15) is 0 Å². The molecule has 2 aliphatic rings. The summed E-state index contributed by atoms with van der Waals surface area (Å²) in [6.45, 7) is 2.68. The largest absolute Gasteiger partial charge is 0.394 e. The highest BCUT2D eigenvalue weighted by Gasteiger charge is 2.51. The molecule has 0 bridgehead atoms. The van der Waals surface area contributed by atoms with Crippen molar-refractivity contribution in [3.63, 3.8) is 0 Å². The number of hydrogen-bond donors (Lipinski definition) is 9. The Labute approximate surface area is 559 Å². The smallest absolute Gasteiger partial charge is 0.220 e. The highest BCUT2D eigenvalue weighted by Crippen LogP contribution is 2.30. The van der Waals surface area contributed by atoms with Gasteiger partial charge in [-0.1, -0.05) is 290 Å². The van der Waals surface area contributed by atoms with Crippen LogP contribution in [0.4, 0.5) is 0 Å². The van der Waals surface area contributed by atoms with Crippen molar-refractivity contribution in [1.29, 1.82) is 0 Å². The molecule has 0 saturated carbocycles. The van der Waals surface area contributed by atoms with Crippen LogP contribution in [-0.2, 0) is 23.7 Å². The van der Waals surface area contributed by atoms with Crippen LogP contribution < -0.4 is 5.32 Å². The van der Waals surface area contributed by atoms with Gasteiger partial charge in [-0.05, 0) is 96.3 Å². The number of unbranched alkanes of at least 4 members (excludes halogenated alkanes) is 31. The highest BCUT2D eigenvalue weighted by molar-refractivity contribution is 5.76. The molecule has 2 aliphatic heterocycles. The number of carbonyl (C=O) groups is 1. The van der Waals surface area contributed by atoms with E-state index in [1.807, 2.05) is 6.08 Å². The molecule has 12 unspecified atom stereocenters. The standard InChI is InChI=1S/C78H135NO13/c1-3-5-7-9-11-13-15-17-19-21-23-25-27-29-31-32-33-34-36-38-40-42-44-46-48-50-52-54-56-58-60-62-70(83)79-66(65-89-77-75(88)73(86)76(69(64-81)91-77)92-78-74(87)72(85)71(84)68(63-80)90-78)67(82)61-59-57-55-53-51-49-47-45-43-41-39-37-35-30-28-26-24-22-20-18-16-14-12-10-8-6-4-2/h5,7,11,13,17,19,23,25,29,31,33-34,43,45,51,53,59,61,66-69,71-78,80-82,84-88H,3-4,6,8-10,12,14-16,18,20-22,24,26-28,30,32,35-42,44,46-50,52,54-58,60,62-65H2,1-2H3,(H,79,83)/b7-5-,13-11-,19-17-,25-23-,31-29-,34-33-,45-43+,53-51+,61-59+. The molecule has 0 aromatic heterocycles. The average Bonchev–Trinajstić information content (AvgIpc) is 0.844. The quantitative estimate of drug-likeness (QED) is 0.0204. The maximum Gasteiger partial charge on any atom is 0.220 e. The second-order valence-corrected chi connectivity index (χ2v) is 25.7. The minimum absolute atomic E-state index is 0.257. The Bertz CT molecular complexity index is 1960. The zero-order valence-electron chi connectivity index (χ0n) is 57.8. The fourth-order valence-electron chi connectivity index (χ4n) is 11.6. The number of carbonyl (C=O) groups excluding carboxylic acids is 1. The van der Waals surface area contributed by atoms with E-state index in [2.05, 4.69) is 116 Å². The van der Waals surface area contributed by atoms with Gasteiger partial charge in [-0.15, -0.1) is 0 Å². The van der Waals surface area contributed by atoms with Crippen LogP contribution in [0.25, 0.3) is 0 Å². The van der Waals surface area contributed by atoms with Crippen LogP contribution in [0.1, 0.15) is 284 Å². The van der Waals surface area contributed by atoms with Gasteiger partial charge in [-0.3, -0.25) is 4.79 Å². The average molecular weight is 1290 g/mol. The first-order valence-corrected chi connectivity index (χ1v) is 37.1. The van der Waals surface area contributed by atoms with Crippen LogP contribution in [0.3, 0.4) is 0 Å². The Kier molecular flexibility index (Phi) is 56.4. The molecular formula is C78H135NO13.